The summed E-state index contributed by atoms with van der Waals surface area (Å²) in [5, 5.41) is 0. The molecule has 2 rings (SSSR count). The molecule has 1 aromatic rings. The van der Waals surface area contributed by atoms with E-state index in [1.807, 2.05) is 0 Å². The lowest BCUT2D eigenvalue weighted by molar-refractivity contribution is 0.0752. The molecule has 0 radical (unpaired) electrons. The Balaban J connectivity index is 2.09. The van der Waals surface area contributed by atoms with E-state index in [1.165, 1.54) is 23.3 Å². The molecule has 2 nitrogen and oxygen atoms in total. The van der Waals surface area contributed by atoms with Crippen molar-refractivity contribution in [2.24, 2.45) is 5.92 Å². The summed E-state index contributed by atoms with van der Waals surface area (Å²) in [6, 6.07) is 2.07. The van der Waals surface area contributed by atoms with Crippen molar-refractivity contribution in [1.29, 1.82) is 0 Å². The van der Waals surface area contributed by atoms with Crippen LogP contribution in [-0.2, 0) is 6.42 Å². The molecule has 1 aliphatic carbocycles. The lowest BCUT2D eigenvalue weighted by Gasteiger charge is -2.21. The van der Waals surface area contributed by atoms with Gasteiger partial charge in [0.15, 0.2) is 0 Å². The van der Waals surface area contributed by atoms with Crippen molar-refractivity contribution in [3.8, 4) is 0 Å². The Labute approximate surface area is 114 Å². The highest BCUT2D eigenvalue weighted by atomic mass is 32.1. The predicted octanol–water partition coefficient (Wildman–Crippen LogP) is 3.88. The van der Waals surface area contributed by atoms with Crippen molar-refractivity contribution in [2.45, 2.75) is 46.5 Å². The van der Waals surface area contributed by atoms with Gasteiger partial charge in [0.05, 0.1) is 4.88 Å². The molecule has 1 fully saturated rings. The van der Waals surface area contributed by atoms with Crippen LogP contribution in [0.25, 0.3) is 0 Å². The Morgan fingerprint density at radius 2 is 2.17 bits per heavy atom. The molecule has 0 aromatic carbocycles. The number of thiophene rings is 1. The largest absolute Gasteiger partial charge is 0.338 e. The van der Waals surface area contributed by atoms with Gasteiger partial charge in [-0.15, -0.1) is 11.3 Å². The summed E-state index contributed by atoms with van der Waals surface area (Å²) in [4.78, 5) is 16.9. The van der Waals surface area contributed by atoms with Crippen molar-refractivity contribution in [2.75, 3.05) is 13.1 Å². The standard InChI is InChI=1S/C15H23NOS/c1-4-8-16(10-12-6-7-12)15(17)14-9-11(3)13(5-2)18-14/h9,12H,4-8,10H2,1-3H3. The maximum Gasteiger partial charge on any atom is 0.263 e. The van der Waals surface area contributed by atoms with Gasteiger partial charge in [-0.2, -0.15) is 0 Å². The van der Waals surface area contributed by atoms with E-state index in [4.69, 9.17) is 0 Å². The van der Waals surface area contributed by atoms with Crippen LogP contribution in [0.2, 0.25) is 0 Å². The second kappa shape index (κ2) is 5.87. The van der Waals surface area contributed by atoms with Gasteiger partial charge in [-0.05, 0) is 50.2 Å². The smallest absolute Gasteiger partial charge is 0.263 e. The van der Waals surface area contributed by atoms with Crippen LogP contribution in [0, 0.1) is 12.8 Å². The molecule has 0 atom stereocenters. The SMILES string of the molecule is CCCN(CC1CC1)C(=O)c1cc(C)c(CC)s1. The highest BCUT2D eigenvalue weighted by Gasteiger charge is 2.27. The molecule has 1 saturated carbocycles. The molecule has 1 heterocycles. The summed E-state index contributed by atoms with van der Waals surface area (Å²) < 4.78 is 0. The van der Waals surface area contributed by atoms with E-state index in [9.17, 15) is 4.79 Å². The molecule has 0 aliphatic heterocycles. The number of rotatable bonds is 6. The molecule has 100 valence electrons. The molecular formula is C15H23NOS. The monoisotopic (exact) mass is 265 g/mol. The fourth-order valence-electron chi connectivity index (χ4n) is 2.29. The summed E-state index contributed by atoms with van der Waals surface area (Å²) in [6.45, 7) is 8.27. The van der Waals surface area contributed by atoms with Crippen LogP contribution in [-0.4, -0.2) is 23.9 Å². The highest BCUT2D eigenvalue weighted by molar-refractivity contribution is 7.14. The van der Waals surface area contributed by atoms with E-state index in [0.717, 1.165) is 36.7 Å². The van der Waals surface area contributed by atoms with Crippen molar-refractivity contribution in [3.05, 3.63) is 21.4 Å². The van der Waals surface area contributed by atoms with Gasteiger partial charge in [0, 0.05) is 18.0 Å². The number of carbonyl (C=O) groups excluding carboxylic acids is 1. The van der Waals surface area contributed by atoms with Gasteiger partial charge in [-0.25, -0.2) is 0 Å². The Kier molecular flexibility index (Phi) is 4.44. The van der Waals surface area contributed by atoms with Crippen molar-refractivity contribution < 1.29 is 4.79 Å². The zero-order valence-electron chi connectivity index (χ0n) is 11.7. The second-order valence-corrected chi connectivity index (χ2v) is 6.40. The van der Waals surface area contributed by atoms with Crippen molar-refractivity contribution in [1.82, 2.24) is 4.90 Å². The van der Waals surface area contributed by atoms with Gasteiger partial charge in [0.25, 0.3) is 5.91 Å². The van der Waals surface area contributed by atoms with Crippen LogP contribution in [0.3, 0.4) is 0 Å². The molecule has 0 spiro atoms. The molecule has 0 N–H and O–H groups in total. The first-order valence-corrected chi connectivity index (χ1v) is 7.85. The van der Waals surface area contributed by atoms with Gasteiger partial charge in [-0.1, -0.05) is 13.8 Å². The Bertz CT molecular complexity index is 420. The van der Waals surface area contributed by atoms with Crippen LogP contribution >= 0.6 is 11.3 Å². The van der Waals surface area contributed by atoms with Crippen LogP contribution in [0.15, 0.2) is 6.07 Å². The minimum absolute atomic E-state index is 0.247. The topological polar surface area (TPSA) is 20.3 Å². The van der Waals surface area contributed by atoms with E-state index in [2.05, 4.69) is 31.7 Å². The molecule has 3 heteroatoms. The average molecular weight is 265 g/mol. The molecule has 0 unspecified atom stereocenters. The van der Waals surface area contributed by atoms with Gasteiger partial charge in [0.2, 0.25) is 0 Å². The molecule has 1 amide bonds. The van der Waals surface area contributed by atoms with E-state index >= 15 is 0 Å². The van der Waals surface area contributed by atoms with Gasteiger partial charge >= 0.3 is 0 Å². The maximum absolute atomic E-state index is 12.5. The van der Waals surface area contributed by atoms with Crippen LogP contribution in [0.5, 0.6) is 0 Å². The zero-order valence-corrected chi connectivity index (χ0v) is 12.5. The number of hydrogen-bond donors (Lipinski definition) is 0. The summed E-state index contributed by atoms with van der Waals surface area (Å²) in [5.74, 6) is 1.02. The van der Waals surface area contributed by atoms with Gasteiger partial charge in [-0.3, -0.25) is 4.79 Å². The highest BCUT2D eigenvalue weighted by Crippen LogP contribution is 2.31. The van der Waals surface area contributed by atoms with Crippen LogP contribution in [0.4, 0.5) is 0 Å². The number of amides is 1. The summed E-state index contributed by atoms with van der Waals surface area (Å²) >= 11 is 1.68. The minimum Gasteiger partial charge on any atom is -0.338 e. The Morgan fingerprint density at radius 3 is 2.67 bits per heavy atom. The van der Waals surface area contributed by atoms with Crippen molar-refractivity contribution >= 4 is 17.2 Å². The quantitative estimate of drug-likeness (QED) is 0.764. The van der Waals surface area contributed by atoms with E-state index in [-0.39, 0.29) is 5.91 Å². The second-order valence-electron chi connectivity index (χ2n) is 5.26. The zero-order chi connectivity index (χ0) is 13.1. The maximum atomic E-state index is 12.5. The lowest BCUT2D eigenvalue weighted by Crippen LogP contribution is -2.33. The molecular weight excluding hydrogens is 242 g/mol. The third-order valence-electron chi connectivity index (χ3n) is 3.51. The number of nitrogens with zero attached hydrogens (tertiary/aromatic N) is 1. The summed E-state index contributed by atoms with van der Waals surface area (Å²) in [6.07, 6.45) is 4.68. The van der Waals surface area contributed by atoms with Gasteiger partial charge < -0.3 is 4.90 Å². The van der Waals surface area contributed by atoms with E-state index in [1.54, 1.807) is 11.3 Å². The average Bonchev–Trinajstić information content (AvgIpc) is 3.09. The molecule has 1 aromatic heterocycles. The van der Waals surface area contributed by atoms with Crippen LogP contribution < -0.4 is 0 Å². The van der Waals surface area contributed by atoms with Gasteiger partial charge in [0.1, 0.15) is 0 Å². The first kappa shape index (κ1) is 13.6. The Hall–Kier alpha value is -0.830. The molecule has 18 heavy (non-hydrogen) atoms. The first-order valence-electron chi connectivity index (χ1n) is 7.04. The minimum atomic E-state index is 0.247. The Morgan fingerprint density at radius 1 is 1.44 bits per heavy atom. The molecule has 0 bridgehead atoms. The fraction of sp³-hybridized carbons (Fsp3) is 0.667. The van der Waals surface area contributed by atoms with Crippen molar-refractivity contribution in [3.63, 3.8) is 0 Å². The molecule has 0 saturated heterocycles. The first-order chi connectivity index (χ1) is 8.65. The fourth-order valence-corrected chi connectivity index (χ4v) is 3.37. The predicted molar refractivity (Wildman–Crippen MR) is 77.4 cm³/mol. The molecule has 1 aliphatic rings. The van der Waals surface area contributed by atoms with E-state index in [0.29, 0.717) is 0 Å². The number of hydrogen-bond acceptors (Lipinski definition) is 2. The van der Waals surface area contributed by atoms with Crippen LogP contribution in [0.1, 0.15) is 53.2 Å². The summed E-state index contributed by atoms with van der Waals surface area (Å²) in [7, 11) is 0. The third kappa shape index (κ3) is 3.14. The summed E-state index contributed by atoms with van der Waals surface area (Å²) in [5.41, 5.74) is 1.27. The number of aryl methyl sites for hydroxylation is 2. The normalized spacial score (nSPS) is 14.8. The van der Waals surface area contributed by atoms with E-state index < -0.39 is 0 Å². The lowest BCUT2D eigenvalue weighted by atomic mass is 10.2. The third-order valence-corrected chi connectivity index (χ3v) is 4.88. The number of carbonyl (C=O) groups is 1.